The fraction of sp³-hybridized carbons (Fsp3) is 0.478. The van der Waals surface area contributed by atoms with Gasteiger partial charge in [-0.15, -0.1) is 0 Å². The number of hydrogen-bond acceptors (Lipinski definition) is 4. The van der Waals surface area contributed by atoms with Crippen molar-refractivity contribution >= 4 is 17.4 Å². The van der Waals surface area contributed by atoms with E-state index in [1.54, 1.807) is 0 Å². The number of fused-ring (bicyclic) bond motifs is 1. The standard InChI is InChI=1S/C23H27F3N4O/c24-23(25,26)19-6-7-21(28-16-19)30-14-9-18(10-15-30)22(31)27-11-3-12-29-13-8-17-4-1-2-5-20(17)29/h1-2,4-7,16,18H,3,8-15H2,(H,27,31). The highest BCUT2D eigenvalue weighted by Gasteiger charge is 2.31. The molecular formula is C23H27F3N4O. The minimum absolute atomic E-state index is 0.0572. The third-order valence-corrected chi connectivity index (χ3v) is 6.15. The van der Waals surface area contributed by atoms with Crippen LogP contribution in [0.5, 0.6) is 0 Å². The van der Waals surface area contributed by atoms with E-state index in [9.17, 15) is 18.0 Å². The molecule has 0 aliphatic carbocycles. The lowest BCUT2D eigenvalue weighted by Gasteiger charge is -2.32. The number of alkyl halides is 3. The first-order valence-electron chi connectivity index (χ1n) is 10.8. The zero-order valence-corrected chi connectivity index (χ0v) is 17.4. The number of hydrogen-bond donors (Lipinski definition) is 1. The molecule has 5 nitrogen and oxygen atoms in total. The summed E-state index contributed by atoms with van der Waals surface area (Å²) in [5, 5.41) is 3.05. The van der Waals surface area contributed by atoms with Gasteiger partial charge < -0.3 is 15.1 Å². The molecule has 0 bridgehead atoms. The van der Waals surface area contributed by atoms with Crippen molar-refractivity contribution in [2.75, 3.05) is 42.5 Å². The number of aromatic nitrogens is 1. The van der Waals surface area contributed by atoms with Crippen LogP contribution >= 0.6 is 0 Å². The van der Waals surface area contributed by atoms with Crippen molar-refractivity contribution in [1.82, 2.24) is 10.3 Å². The maximum Gasteiger partial charge on any atom is 0.417 e. The van der Waals surface area contributed by atoms with Gasteiger partial charge in [-0.25, -0.2) is 4.98 Å². The molecule has 1 amide bonds. The fourth-order valence-electron chi connectivity index (χ4n) is 4.38. The fourth-order valence-corrected chi connectivity index (χ4v) is 4.38. The number of benzene rings is 1. The van der Waals surface area contributed by atoms with Gasteiger partial charge in [-0.2, -0.15) is 13.2 Å². The molecule has 2 aromatic rings. The van der Waals surface area contributed by atoms with E-state index in [0.29, 0.717) is 38.3 Å². The average molecular weight is 432 g/mol. The van der Waals surface area contributed by atoms with Crippen molar-refractivity contribution in [3.05, 3.63) is 53.7 Å². The van der Waals surface area contributed by atoms with Gasteiger partial charge in [0, 0.05) is 50.5 Å². The van der Waals surface area contributed by atoms with Gasteiger partial charge in [-0.3, -0.25) is 4.79 Å². The van der Waals surface area contributed by atoms with Crippen LogP contribution in [0.15, 0.2) is 42.6 Å². The van der Waals surface area contributed by atoms with Crippen LogP contribution in [0.25, 0.3) is 0 Å². The van der Waals surface area contributed by atoms with Crippen molar-refractivity contribution in [3.8, 4) is 0 Å². The van der Waals surface area contributed by atoms with E-state index in [2.05, 4.69) is 39.5 Å². The number of carbonyl (C=O) groups is 1. The Morgan fingerprint density at radius 2 is 1.87 bits per heavy atom. The van der Waals surface area contributed by atoms with Gasteiger partial charge in [-0.1, -0.05) is 18.2 Å². The molecule has 166 valence electrons. The summed E-state index contributed by atoms with van der Waals surface area (Å²) in [5.41, 5.74) is 1.95. The molecular weight excluding hydrogens is 405 g/mol. The van der Waals surface area contributed by atoms with Crippen molar-refractivity contribution in [2.45, 2.75) is 31.9 Å². The van der Waals surface area contributed by atoms with Crippen molar-refractivity contribution in [1.29, 1.82) is 0 Å². The molecule has 3 heterocycles. The summed E-state index contributed by atoms with van der Waals surface area (Å²) in [6.07, 6.45) is -0.187. The van der Waals surface area contributed by atoms with Crippen LogP contribution in [0.1, 0.15) is 30.4 Å². The Kier molecular flexibility index (Phi) is 6.34. The quantitative estimate of drug-likeness (QED) is 0.704. The molecule has 0 radical (unpaired) electrons. The smallest absolute Gasteiger partial charge is 0.371 e. The van der Waals surface area contributed by atoms with E-state index in [1.165, 1.54) is 17.3 Å². The van der Waals surface area contributed by atoms with E-state index in [-0.39, 0.29) is 11.8 Å². The number of rotatable bonds is 6. The molecule has 1 aromatic carbocycles. The first-order valence-corrected chi connectivity index (χ1v) is 10.8. The number of para-hydroxylation sites is 1. The van der Waals surface area contributed by atoms with E-state index < -0.39 is 11.7 Å². The number of nitrogens with one attached hydrogen (secondary N) is 1. The van der Waals surface area contributed by atoms with Crippen LogP contribution in [0.4, 0.5) is 24.7 Å². The van der Waals surface area contributed by atoms with E-state index in [4.69, 9.17) is 0 Å². The van der Waals surface area contributed by atoms with Crippen LogP contribution in [0.3, 0.4) is 0 Å². The van der Waals surface area contributed by atoms with Gasteiger partial charge in [-0.05, 0) is 49.4 Å². The van der Waals surface area contributed by atoms with Crippen molar-refractivity contribution in [3.63, 3.8) is 0 Å². The number of halogens is 3. The van der Waals surface area contributed by atoms with Gasteiger partial charge in [0.25, 0.3) is 0 Å². The second-order valence-electron chi connectivity index (χ2n) is 8.17. The number of anilines is 2. The Morgan fingerprint density at radius 1 is 1.10 bits per heavy atom. The summed E-state index contributed by atoms with van der Waals surface area (Å²) in [7, 11) is 0. The summed E-state index contributed by atoms with van der Waals surface area (Å²) in [5.74, 6) is 0.540. The molecule has 1 saturated heterocycles. The first-order chi connectivity index (χ1) is 14.9. The lowest BCUT2D eigenvalue weighted by molar-refractivity contribution is -0.137. The Morgan fingerprint density at radius 3 is 2.58 bits per heavy atom. The number of nitrogens with zero attached hydrogens (tertiary/aromatic N) is 3. The highest BCUT2D eigenvalue weighted by molar-refractivity contribution is 5.79. The minimum Gasteiger partial charge on any atom is -0.371 e. The van der Waals surface area contributed by atoms with Crippen molar-refractivity contribution in [2.24, 2.45) is 5.92 Å². The second kappa shape index (κ2) is 9.16. The monoisotopic (exact) mass is 432 g/mol. The highest BCUT2D eigenvalue weighted by atomic mass is 19.4. The Hall–Kier alpha value is -2.77. The maximum atomic E-state index is 12.7. The number of carbonyl (C=O) groups excluding carboxylic acids is 1. The molecule has 2 aliphatic rings. The van der Waals surface area contributed by atoms with Crippen LogP contribution in [0, 0.1) is 5.92 Å². The summed E-state index contributed by atoms with van der Waals surface area (Å²) < 4.78 is 38.0. The lowest BCUT2D eigenvalue weighted by atomic mass is 9.96. The maximum absolute atomic E-state index is 12.7. The molecule has 8 heteroatoms. The zero-order chi connectivity index (χ0) is 21.8. The highest BCUT2D eigenvalue weighted by Crippen LogP contribution is 2.30. The van der Waals surface area contributed by atoms with Crippen LogP contribution in [-0.4, -0.2) is 43.6 Å². The Bertz CT molecular complexity index is 892. The third-order valence-electron chi connectivity index (χ3n) is 6.15. The van der Waals surface area contributed by atoms with Crippen molar-refractivity contribution < 1.29 is 18.0 Å². The minimum atomic E-state index is -4.38. The average Bonchev–Trinajstić information content (AvgIpc) is 3.19. The molecule has 0 unspecified atom stereocenters. The van der Waals surface area contributed by atoms with Gasteiger partial charge in [0.1, 0.15) is 5.82 Å². The predicted octanol–water partition coefficient (Wildman–Crippen LogP) is 3.89. The van der Waals surface area contributed by atoms with E-state index in [1.807, 2.05) is 4.90 Å². The molecule has 1 aromatic heterocycles. The largest absolute Gasteiger partial charge is 0.417 e. The number of piperidine rings is 1. The molecule has 1 N–H and O–H groups in total. The predicted molar refractivity (Wildman–Crippen MR) is 114 cm³/mol. The summed E-state index contributed by atoms with van der Waals surface area (Å²) in [6, 6.07) is 10.9. The summed E-state index contributed by atoms with van der Waals surface area (Å²) in [4.78, 5) is 20.8. The number of pyridine rings is 1. The van der Waals surface area contributed by atoms with Crippen LogP contribution < -0.4 is 15.1 Å². The molecule has 0 saturated carbocycles. The Balaban J connectivity index is 1.18. The summed E-state index contributed by atoms with van der Waals surface area (Å²) in [6.45, 7) is 3.83. The normalized spacial score (nSPS) is 17.0. The van der Waals surface area contributed by atoms with Gasteiger partial charge in [0.15, 0.2) is 0 Å². The zero-order valence-electron chi connectivity index (χ0n) is 17.4. The second-order valence-corrected chi connectivity index (χ2v) is 8.17. The van der Waals surface area contributed by atoms with E-state index in [0.717, 1.165) is 38.2 Å². The molecule has 2 aliphatic heterocycles. The molecule has 0 atom stereocenters. The molecule has 1 fully saturated rings. The Labute approximate surface area is 180 Å². The number of amides is 1. The van der Waals surface area contributed by atoms with Gasteiger partial charge >= 0.3 is 6.18 Å². The summed E-state index contributed by atoms with van der Waals surface area (Å²) >= 11 is 0. The van der Waals surface area contributed by atoms with Gasteiger partial charge in [0.05, 0.1) is 5.56 Å². The molecule has 4 rings (SSSR count). The van der Waals surface area contributed by atoms with Crippen LogP contribution in [0.2, 0.25) is 0 Å². The van der Waals surface area contributed by atoms with Crippen LogP contribution in [-0.2, 0) is 17.4 Å². The first kappa shape index (κ1) is 21.5. The SMILES string of the molecule is O=C(NCCCN1CCc2ccccc21)C1CCN(c2ccc(C(F)(F)F)cn2)CC1. The van der Waals surface area contributed by atoms with E-state index >= 15 is 0 Å². The topological polar surface area (TPSA) is 48.5 Å². The lowest BCUT2D eigenvalue weighted by Crippen LogP contribution is -2.41. The van der Waals surface area contributed by atoms with Gasteiger partial charge in [0.2, 0.25) is 5.91 Å². The third kappa shape index (κ3) is 5.11. The molecule has 0 spiro atoms. The molecule has 31 heavy (non-hydrogen) atoms.